The molecule has 6 heteroatoms. The van der Waals surface area contributed by atoms with E-state index in [0.29, 0.717) is 19.7 Å². The molecule has 1 fully saturated rings. The number of hydrogen-bond acceptors (Lipinski definition) is 4. The zero-order chi connectivity index (χ0) is 27.0. The standard InChI is InChI=1S/C32H38N2O4/c1-32(2,3)38-31(36)34(19-18-24-10-5-4-6-11-24)22-25-12-8-17-29(21-25)37-23-26-13-7-16-28(20-26)33-30(35)27-14-9-15-27/h4-8,10-13,16-17,20-21,27H,9,14-15,18-19,22-23H2,1-3H3,(H,33,35). The van der Waals surface area contributed by atoms with Crippen LogP contribution in [-0.2, 0) is 29.1 Å². The molecule has 0 heterocycles. The summed E-state index contributed by atoms with van der Waals surface area (Å²) in [5, 5.41) is 3.02. The molecular formula is C32H38N2O4. The topological polar surface area (TPSA) is 67.9 Å². The summed E-state index contributed by atoms with van der Waals surface area (Å²) < 4.78 is 11.8. The van der Waals surface area contributed by atoms with Gasteiger partial charge in [0.25, 0.3) is 0 Å². The van der Waals surface area contributed by atoms with E-state index in [0.717, 1.165) is 48.2 Å². The van der Waals surface area contributed by atoms with Crippen LogP contribution in [0.1, 0.15) is 56.7 Å². The van der Waals surface area contributed by atoms with Gasteiger partial charge in [0.1, 0.15) is 18.0 Å². The van der Waals surface area contributed by atoms with E-state index in [4.69, 9.17) is 9.47 Å². The first-order chi connectivity index (χ1) is 18.2. The summed E-state index contributed by atoms with van der Waals surface area (Å²) in [6.07, 6.45) is 3.49. The number of nitrogens with zero attached hydrogens (tertiary/aromatic N) is 1. The predicted molar refractivity (Wildman–Crippen MR) is 150 cm³/mol. The first kappa shape index (κ1) is 27.2. The third kappa shape index (κ3) is 8.37. The van der Waals surface area contributed by atoms with Crippen molar-refractivity contribution in [2.24, 2.45) is 5.92 Å². The average molecular weight is 515 g/mol. The van der Waals surface area contributed by atoms with E-state index in [1.165, 1.54) is 5.56 Å². The highest BCUT2D eigenvalue weighted by atomic mass is 16.6. The second-order valence-corrected chi connectivity index (χ2v) is 10.9. The van der Waals surface area contributed by atoms with Gasteiger partial charge in [-0.05, 0) is 81.0 Å². The smallest absolute Gasteiger partial charge is 0.410 e. The molecule has 0 unspecified atom stereocenters. The van der Waals surface area contributed by atoms with Gasteiger partial charge < -0.3 is 19.7 Å². The Morgan fingerprint density at radius 1 is 0.895 bits per heavy atom. The molecule has 4 rings (SSSR count). The van der Waals surface area contributed by atoms with Crippen molar-refractivity contribution in [3.63, 3.8) is 0 Å². The van der Waals surface area contributed by atoms with E-state index < -0.39 is 5.60 Å². The molecule has 0 atom stereocenters. The maximum Gasteiger partial charge on any atom is 0.410 e. The molecule has 6 nitrogen and oxygen atoms in total. The minimum Gasteiger partial charge on any atom is -0.489 e. The Labute approximate surface area is 226 Å². The molecule has 1 saturated carbocycles. The molecule has 0 aromatic heterocycles. The molecule has 38 heavy (non-hydrogen) atoms. The molecule has 3 aromatic carbocycles. The maximum atomic E-state index is 13.0. The van der Waals surface area contributed by atoms with Crippen molar-refractivity contribution in [3.05, 3.63) is 95.6 Å². The number of amides is 2. The van der Waals surface area contributed by atoms with E-state index in [2.05, 4.69) is 17.4 Å². The van der Waals surface area contributed by atoms with Crippen LogP contribution in [0.4, 0.5) is 10.5 Å². The fourth-order valence-electron chi connectivity index (χ4n) is 4.24. The highest BCUT2D eigenvalue weighted by molar-refractivity contribution is 5.93. The lowest BCUT2D eigenvalue weighted by Crippen LogP contribution is -2.37. The van der Waals surface area contributed by atoms with E-state index in [-0.39, 0.29) is 17.9 Å². The Kier molecular flexibility index (Phi) is 9.06. The van der Waals surface area contributed by atoms with Crippen molar-refractivity contribution in [3.8, 4) is 5.75 Å². The van der Waals surface area contributed by atoms with Crippen molar-refractivity contribution < 1.29 is 19.1 Å². The molecule has 1 aliphatic rings. The van der Waals surface area contributed by atoms with Crippen LogP contribution in [0.15, 0.2) is 78.9 Å². The Morgan fingerprint density at radius 2 is 1.61 bits per heavy atom. The molecular weight excluding hydrogens is 476 g/mol. The van der Waals surface area contributed by atoms with Crippen LogP contribution in [-0.4, -0.2) is 29.0 Å². The molecule has 2 amide bonds. The summed E-state index contributed by atoms with van der Waals surface area (Å²) in [5.41, 5.74) is 3.33. The third-order valence-corrected chi connectivity index (χ3v) is 6.51. The lowest BCUT2D eigenvalue weighted by atomic mass is 9.85. The van der Waals surface area contributed by atoms with Gasteiger partial charge in [0.15, 0.2) is 0 Å². The van der Waals surface area contributed by atoms with Gasteiger partial charge >= 0.3 is 6.09 Å². The third-order valence-electron chi connectivity index (χ3n) is 6.51. The van der Waals surface area contributed by atoms with Crippen molar-refractivity contribution in [2.75, 3.05) is 11.9 Å². The van der Waals surface area contributed by atoms with Gasteiger partial charge in [0.05, 0.1) is 0 Å². The van der Waals surface area contributed by atoms with Gasteiger partial charge in [-0.1, -0.05) is 61.0 Å². The fourth-order valence-corrected chi connectivity index (χ4v) is 4.24. The first-order valence-corrected chi connectivity index (χ1v) is 13.4. The molecule has 1 aliphatic carbocycles. The minimum atomic E-state index is -0.571. The fraction of sp³-hybridized carbons (Fsp3) is 0.375. The van der Waals surface area contributed by atoms with Crippen LogP contribution in [0.2, 0.25) is 0 Å². The van der Waals surface area contributed by atoms with E-state index >= 15 is 0 Å². The van der Waals surface area contributed by atoms with Crippen LogP contribution in [0, 0.1) is 5.92 Å². The number of benzene rings is 3. The van der Waals surface area contributed by atoms with Gasteiger partial charge in [0.2, 0.25) is 5.91 Å². The molecule has 0 spiro atoms. The summed E-state index contributed by atoms with van der Waals surface area (Å²) in [4.78, 5) is 27.0. The van der Waals surface area contributed by atoms with E-state index in [1.807, 2.05) is 87.5 Å². The zero-order valence-electron chi connectivity index (χ0n) is 22.6. The minimum absolute atomic E-state index is 0.101. The summed E-state index contributed by atoms with van der Waals surface area (Å²) in [6.45, 7) is 6.97. The number of nitrogens with one attached hydrogen (secondary N) is 1. The largest absolute Gasteiger partial charge is 0.489 e. The normalized spacial score (nSPS) is 13.3. The second-order valence-electron chi connectivity index (χ2n) is 10.9. The Bertz CT molecular complexity index is 1220. The van der Waals surface area contributed by atoms with Gasteiger partial charge in [-0.2, -0.15) is 0 Å². The highest BCUT2D eigenvalue weighted by Gasteiger charge is 2.25. The Morgan fingerprint density at radius 3 is 2.32 bits per heavy atom. The van der Waals surface area contributed by atoms with Crippen molar-refractivity contribution in [1.29, 1.82) is 0 Å². The summed E-state index contributed by atoms with van der Waals surface area (Å²) >= 11 is 0. The average Bonchev–Trinajstić information content (AvgIpc) is 2.84. The van der Waals surface area contributed by atoms with Crippen LogP contribution >= 0.6 is 0 Å². The highest BCUT2D eigenvalue weighted by Crippen LogP contribution is 2.28. The quantitative estimate of drug-likeness (QED) is 0.317. The van der Waals surface area contributed by atoms with Crippen molar-refractivity contribution in [2.45, 2.75) is 65.2 Å². The number of carbonyl (C=O) groups is 2. The van der Waals surface area contributed by atoms with Crippen LogP contribution in [0.25, 0.3) is 0 Å². The predicted octanol–water partition coefficient (Wildman–Crippen LogP) is 6.98. The number of ether oxygens (including phenoxy) is 2. The number of hydrogen-bond donors (Lipinski definition) is 1. The van der Waals surface area contributed by atoms with Gasteiger partial charge in [-0.25, -0.2) is 4.79 Å². The number of anilines is 1. The molecule has 3 aromatic rings. The molecule has 0 radical (unpaired) electrons. The van der Waals surface area contributed by atoms with Crippen molar-refractivity contribution in [1.82, 2.24) is 4.90 Å². The van der Waals surface area contributed by atoms with E-state index in [1.54, 1.807) is 4.90 Å². The molecule has 200 valence electrons. The van der Waals surface area contributed by atoms with Gasteiger partial charge in [0, 0.05) is 24.7 Å². The lowest BCUT2D eigenvalue weighted by molar-refractivity contribution is -0.122. The van der Waals surface area contributed by atoms with Gasteiger partial charge in [-0.3, -0.25) is 4.79 Å². The monoisotopic (exact) mass is 514 g/mol. The van der Waals surface area contributed by atoms with Crippen molar-refractivity contribution >= 4 is 17.7 Å². The molecule has 0 saturated heterocycles. The lowest BCUT2D eigenvalue weighted by Gasteiger charge is -2.27. The Hall–Kier alpha value is -3.80. The van der Waals surface area contributed by atoms with Gasteiger partial charge in [-0.15, -0.1) is 0 Å². The zero-order valence-corrected chi connectivity index (χ0v) is 22.6. The number of carbonyl (C=O) groups excluding carboxylic acids is 2. The Balaban J connectivity index is 1.38. The molecule has 0 bridgehead atoms. The maximum absolute atomic E-state index is 13.0. The summed E-state index contributed by atoms with van der Waals surface area (Å²) in [5.74, 6) is 0.966. The van der Waals surface area contributed by atoms with E-state index in [9.17, 15) is 9.59 Å². The molecule has 1 N–H and O–H groups in total. The number of rotatable bonds is 10. The summed E-state index contributed by atoms with van der Waals surface area (Å²) in [7, 11) is 0. The second kappa shape index (κ2) is 12.6. The van der Waals surface area contributed by atoms with Crippen LogP contribution in [0.5, 0.6) is 5.75 Å². The summed E-state index contributed by atoms with van der Waals surface area (Å²) in [6, 6.07) is 25.7. The van der Waals surface area contributed by atoms with Crippen LogP contribution in [0.3, 0.4) is 0 Å². The first-order valence-electron chi connectivity index (χ1n) is 13.4. The molecule has 0 aliphatic heterocycles. The SMILES string of the molecule is CC(C)(C)OC(=O)N(CCc1ccccc1)Cc1cccc(OCc2cccc(NC(=O)C3CCC3)c2)c1. The van der Waals surface area contributed by atoms with Crippen LogP contribution < -0.4 is 10.1 Å².